The Kier molecular flexibility index (Phi) is 7.60. The van der Waals surface area contributed by atoms with Gasteiger partial charge >= 0.3 is 5.95 Å². The number of rotatable bonds is 10. The zero-order valence-electron chi connectivity index (χ0n) is 15.1. The zero-order chi connectivity index (χ0) is 21.8. The fourth-order valence-electron chi connectivity index (χ4n) is 2.61. The van der Waals surface area contributed by atoms with Gasteiger partial charge in [-0.05, 0) is 4.92 Å². The molecule has 0 amide bonds. The van der Waals surface area contributed by atoms with Gasteiger partial charge in [0.15, 0.2) is 11.6 Å². The second-order valence-corrected chi connectivity index (χ2v) is 8.36. The second kappa shape index (κ2) is 9.55. The quantitative estimate of drug-likeness (QED) is 0.324. The summed E-state index contributed by atoms with van der Waals surface area (Å²) in [5.41, 5.74) is -0.675. The number of hydrogen-bond donors (Lipinski definition) is 1. The van der Waals surface area contributed by atoms with Crippen LogP contribution in [0.3, 0.4) is 0 Å². The monoisotopic (exact) mass is 471 g/mol. The SMILES string of the molecule is Cn1c(CS(=O)(=O)Nc2cc(F)c(N(CCCl)CCCl)c(F)c2)cnc1[N+](=O)[O-]. The number of hydrogen-bond acceptors (Lipinski definition) is 6. The molecule has 0 saturated carbocycles. The van der Waals surface area contributed by atoms with E-state index in [4.69, 9.17) is 23.2 Å². The first-order chi connectivity index (χ1) is 13.6. The highest BCUT2D eigenvalue weighted by atomic mass is 35.5. The van der Waals surface area contributed by atoms with Crippen molar-refractivity contribution >= 4 is 50.5 Å². The Hall–Kier alpha value is -2.18. The van der Waals surface area contributed by atoms with E-state index in [0.717, 1.165) is 22.9 Å². The number of nitrogens with zero attached hydrogens (tertiary/aromatic N) is 4. The number of anilines is 2. The molecule has 9 nitrogen and oxygen atoms in total. The molecular weight excluding hydrogens is 455 g/mol. The number of sulfonamides is 1. The van der Waals surface area contributed by atoms with Gasteiger partial charge in [0.1, 0.15) is 23.3 Å². The van der Waals surface area contributed by atoms with Gasteiger partial charge in [-0.25, -0.2) is 21.8 Å². The molecule has 29 heavy (non-hydrogen) atoms. The van der Waals surface area contributed by atoms with Gasteiger partial charge in [0.2, 0.25) is 10.0 Å². The Morgan fingerprint density at radius 2 is 1.79 bits per heavy atom. The van der Waals surface area contributed by atoms with E-state index in [-0.39, 0.29) is 41.9 Å². The van der Waals surface area contributed by atoms with E-state index in [9.17, 15) is 27.3 Å². The average molecular weight is 472 g/mol. The summed E-state index contributed by atoms with van der Waals surface area (Å²) in [4.78, 5) is 14.9. The second-order valence-electron chi connectivity index (χ2n) is 5.88. The first kappa shape index (κ1) is 23.1. The first-order valence-corrected chi connectivity index (χ1v) is 10.8. The van der Waals surface area contributed by atoms with Crippen LogP contribution >= 0.6 is 23.2 Å². The standard InChI is InChI=1S/C15H17Cl2F2N5O4S/c1-22-11(8-20-15(22)24(25)26)9-29(27,28)21-10-6-12(18)14(13(19)7-10)23(4-2-16)5-3-17/h6-8,21H,2-5,9H2,1H3. The van der Waals surface area contributed by atoms with Crippen molar-refractivity contribution in [2.75, 3.05) is 34.5 Å². The number of nitrogens with one attached hydrogen (secondary N) is 1. The van der Waals surface area contributed by atoms with E-state index in [1.165, 1.54) is 11.9 Å². The van der Waals surface area contributed by atoms with E-state index in [2.05, 4.69) is 9.71 Å². The van der Waals surface area contributed by atoms with Crippen molar-refractivity contribution in [3.63, 3.8) is 0 Å². The third-order valence-corrected chi connectivity index (χ3v) is 5.44. The molecule has 0 aliphatic rings. The molecule has 14 heteroatoms. The van der Waals surface area contributed by atoms with Crippen LogP contribution < -0.4 is 9.62 Å². The van der Waals surface area contributed by atoms with Crippen LogP contribution in [0.5, 0.6) is 0 Å². The molecule has 0 aliphatic heterocycles. The van der Waals surface area contributed by atoms with Gasteiger partial charge in [-0.15, -0.1) is 23.2 Å². The van der Waals surface area contributed by atoms with E-state index in [1.54, 1.807) is 0 Å². The Morgan fingerprint density at radius 1 is 1.24 bits per heavy atom. The van der Waals surface area contributed by atoms with Gasteiger partial charge in [-0.3, -0.25) is 4.72 Å². The Balaban J connectivity index is 2.26. The topological polar surface area (TPSA) is 110 Å². The van der Waals surface area contributed by atoms with E-state index < -0.39 is 38.3 Å². The van der Waals surface area contributed by atoms with Crippen molar-refractivity contribution < 1.29 is 22.1 Å². The van der Waals surface area contributed by atoms with Gasteiger partial charge in [0, 0.05) is 37.0 Å². The Labute approximate surface area is 175 Å². The van der Waals surface area contributed by atoms with Crippen molar-refractivity contribution in [1.29, 1.82) is 0 Å². The molecule has 1 heterocycles. The minimum absolute atomic E-state index is 0.0252. The van der Waals surface area contributed by atoms with Gasteiger partial charge < -0.3 is 15.0 Å². The molecule has 0 fully saturated rings. The molecule has 0 spiro atoms. The average Bonchev–Trinajstić information content (AvgIpc) is 2.94. The molecule has 0 unspecified atom stereocenters. The van der Waals surface area contributed by atoms with Crippen molar-refractivity contribution in [2.45, 2.75) is 5.75 Å². The van der Waals surface area contributed by atoms with Crippen LogP contribution in [0.15, 0.2) is 18.3 Å². The summed E-state index contributed by atoms with van der Waals surface area (Å²) in [5.74, 6) is -2.97. The minimum Gasteiger partial charge on any atom is -0.390 e. The molecule has 0 bridgehead atoms. The smallest absolute Gasteiger partial charge is 0.390 e. The predicted octanol–water partition coefficient (Wildman–Crippen LogP) is 2.83. The van der Waals surface area contributed by atoms with Crippen molar-refractivity contribution in [3.05, 3.63) is 45.8 Å². The molecule has 160 valence electrons. The van der Waals surface area contributed by atoms with Gasteiger partial charge in [-0.2, -0.15) is 0 Å². The van der Waals surface area contributed by atoms with Crippen LogP contribution in [0.1, 0.15) is 5.69 Å². The van der Waals surface area contributed by atoms with Crippen LogP contribution in [-0.2, 0) is 22.8 Å². The molecule has 1 aromatic carbocycles. The summed E-state index contributed by atoms with van der Waals surface area (Å²) in [6, 6.07) is 1.66. The molecule has 2 aromatic rings. The number of benzene rings is 1. The highest BCUT2D eigenvalue weighted by molar-refractivity contribution is 7.91. The van der Waals surface area contributed by atoms with Gasteiger partial charge in [-0.1, -0.05) is 4.98 Å². The summed E-state index contributed by atoms with van der Waals surface area (Å²) in [7, 11) is -2.85. The lowest BCUT2D eigenvalue weighted by Crippen LogP contribution is -2.29. The third kappa shape index (κ3) is 5.67. The highest BCUT2D eigenvalue weighted by Gasteiger charge is 2.24. The largest absolute Gasteiger partial charge is 0.434 e. The fraction of sp³-hybridized carbons (Fsp3) is 0.400. The Morgan fingerprint density at radius 3 is 2.24 bits per heavy atom. The van der Waals surface area contributed by atoms with Crippen LogP contribution in [0.25, 0.3) is 0 Å². The Bertz CT molecular complexity index is 974. The lowest BCUT2D eigenvalue weighted by molar-refractivity contribution is -0.396. The number of imidazole rings is 1. The van der Waals surface area contributed by atoms with Gasteiger partial charge in [0.05, 0.1) is 12.7 Å². The lowest BCUT2D eigenvalue weighted by atomic mass is 10.2. The van der Waals surface area contributed by atoms with Crippen LogP contribution in [0, 0.1) is 21.7 Å². The highest BCUT2D eigenvalue weighted by Crippen LogP contribution is 2.28. The molecule has 0 atom stereocenters. The van der Waals surface area contributed by atoms with Crippen LogP contribution in [0.4, 0.5) is 26.1 Å². The summed E-state index contributed by atoms with van der Waals surface area (Å²) >= 11 is 11.3. The molecule has 1 aromatic heterocycles. The van der Waals surface area contributed by atoms with E-state index >= 15 is 0 Å². The van der Waals surface area contributed by atoms with Crippen LogP contribution in [-0.4, -0.2) is 47.7 Å². The number of nitro groups is 1. The molecular formula is C15H17Cl2F2N5O4S. The maximum Gasteiger partial charge on any atom is 0.434 e. The minimum atomic E-state index is -4.13. The summed E-state index contributed by atoms with van der Waals surface area (Å²) in [6.07, 6.45) is 1.04. The third-order valence-electron chi connectivity index (χ3n) is 3.88. The number of halogens is 4. The van der Waals surface area contributed by atoms with E-state index in [0.29, 0.717) is 0 Å². The maximum absolute atomic E-state index is 14.5. The molecule has 0 saturated heterocycles. The van der Waals surface area contributed by atoms with Crippen molar-refractivity contribution in [2.24, 2.45) is 7.05 Å². The summed E-state index contributed by atoms with van der Waals surface area (Å²) in [5, 5.41) is 10.8. The maximum atomic E-state index is 14.5. The lowest BCUT2D eigenvalue weighted by Gasteiger charge is -2.24. The van der Waals surface area contributed by atoms with Crippen LogP contribution in [0.2, 0.25) is 0 Å². The molecule has 1 N–H and O–H groups in total. The fourth-order valence-corrected chi connectivity index (χ4v) is 4.23. The number of alkyl halides is 2. The molecule has 0 aliphatic carbocycles. The predicted molar refractivity (Wildman–Crippen MR) is 106 cm³/mol. The van der Waals surface area contributed by atoms with Crippen molar-refractivity contribution in [3.8, 4) is 0 Å². The summed E-state index contributed by atoms with van der Waals surface area (Å²) < 4.78 is 56.7. The normalized spacial score (nSPS) is 11.5. The zero-order valence-corrected chi connectivity index (χ0v) is 17.4. The van der Waals surface area contributed by atoms with Crippen molar-refractivity contribution in [1.82, 2.24) is 9.55 Å². The number of aromatic nitrogens is 2. The first-order valence-electron chi connectivity index (χ1n) is 8.11. The molecule has 0 radical (unpaired) electrons. The van der Waals surface area contributed by atoms with E-state index in [1.807, 2.05) is 0 Å². The summed E-state index contributed by atoms with van der Waals surface area (Å²) in [6.45, 7) is 0.291. The van der Waals surface area contributed by atoms with Gasteiger partial charge in [0.25, 0.3) is 0 Å². The molecule has 2 rings (SSSR count).